The highest BCUT2D eigenvalue weighted by Crippen LogP contribution is 2.19. The van der Waals surface area contributed by atoms with E-state index in [-0.39, 0.29) is 10.8 Å². The van der Waals surface area contributed by atoms with Gasteiger partial charge in [-0.2, -0.15) is 0 Å². The number of carbonyl (C=O) groups is 1. The number of aryl methyl sites for hydroxylation is 1. The molecule has 0 saturated carbocycles. The van der Waals surface area contributed by atoms with E-state index in [2.05, 4.69) is 0 Å². The van der Waals surface area contributed by atoms with Gasteiger partial charge in [0.1, 0.15) is 0 Å². The molecule has 4 nitrogen and oxygen atoms in total. The van der Waals surface area contributed by atoms with Gasteiger partial charge in [0.15, 0.2) is 9.84 Å². The van der Waals surface area contributed by atoms with E-state index in [1.807, 2.05) is 30.5 Å². The summed E-state index contributed by atoms with van der Waals surface area (Å²) in [5.41, 5.74) is 2.21. The molecule has 0 saturated heterocycles. The average molecular weight is 364 g/mol. The lowest BCUT2D eigenvalue weighted by atomic mass is 10.1. The first-order valence-corrected chi connectivity index (χ1v) is 10.5. The molecule has 0 radical (unpaired) electrons. The Bertz CT molecular complexity index is 843. The molecule has 0 aliphatic heterocycles. The molecule has 0 unspecified atom stereocenters. The normalized spacial score (nSPS) is 11.3. The van der Waals surface area contributed by atoms with Crippen LogP contribution in [-0.4, -0.2) is 38.8 Å². The minimum absolute atomic E-state index is 0.161. The standard InChI is InChI=1S/C18H21NO3S2/c1-13-5-10-16(24(4,21)22)11-17(13)18(20)19(2)12-14-6-8-15(23-3)9-7-14/h5-11H,12H2,1-4H3. The van der Waals surface area contributed by atoms with E-state index in [1.54, 1.807) is 36.7 Å². The zero-order valence-corrected chi connectivity index (χ0v) is 15.9. The highest BCUT2D eigenvalue weighted by atomic mass is 32.2. The van der Waals surface area contributed by atoms with Crippen molar-refractivity contribution in [3.8, 4) is 0 Å². The summed E-state index contributed by atoms with van der Waals surface area (Å²) in [6.07, 6.45) is 3.16. The second-order valence-corrected chi connectivity index (χ2v) is 8.65. The number of hydrogen-bond donors (Lipinski definition) is 0. The van der Waals surface area contributed by atoms with E-state index < -0.39 is 9.84 Å². The largest absolute Gasteiger partial charge is 0.337 e. The Hall–Kier alpha value is -1.79. The van der Waals surface area contributed by atoms with Crippen LogP contribution < -0.4 is 0 Å². The summed E-state index contributed by atoms with van der Waals surface area (Å²) in [6.45, 7) is 2.27. The number of carbonyl (C=O) groups excluding carboxylic acids is 1. The van der Waals surface area contributed by atoms with Crippen LogP contribution in [0.5, 0.6) is 0 Å². The van der Waals surface area contributed by atoms with Crippen molar-refractivity contribution in [3.63, 3.8) is 0 Å². The number of rotatable bonds is 5. The zero-order valence-electron chi connectivity index (χ0n) is 14.2. The zero-order chi connectivity index (χ0) is 17.9. The van der Waals surface area contributed by atoms with Crippen LogP contribution >= 0.6 is 11.8 Å². The van der Waals surface area contributed by atoms with Crippen molar-refractivity contribution in [2.24, 2.45) is 0 Å². The highest BCUT2D eigenvalue weighted by Gasteiger charge is 2.17. The van der Waals surface area contributed by atoms with Gasteiger partial charge in [-0.1, -0.05) is 18.2 Å². The summed E-state index contributed by atoms with van der Waals surface area (Å²) in [5, 5.41) is 0. The summed E-state index contributed by atoms with van der Waals surface area (Å²) in [4.78, 5) is 15.6. The fraction of sp³-hybridized carbons (Fsp3) is 0.278. The Morgan fingerprint density at radius 3 is 2.29 bits per heavy atom. The number of amides is 1. The monoisotopic (exact) mass is 363 g/mol. The molecule has 0 aliphatic carbocycles. The van der Waals surface area contributed by atoms with E-state index in [4.69, 9.17) is 0 Å². The maximum absolute atomic E-state index is 12.7. The maximum atomic E-state index is 12.7. The van der Waals surface area contributed by atoms with E-state index in [9.17, 15) is 13.2 Å². The minimum Gasteiger partial charge on any atom is -0.337 e. The van der Waals surface area contributed by atoms with Crippen molar-refractivity contribution in [1.29, 1.82) is 0 Å². The summed E-state index contributed by atoms with van der Waals surface area (Å²) in [6, 6.07) is 12.7. The van der Waals surface area contributed by atoms with Crippen LogP contribution in [0.1, 0.15) is 21.5 Å². The summed E-state index contributed by atoms with van der Waals surface area (Å²) in [5.74, 6) is -0.188. The van der Waals surface area contributed by atoms with Crippen molar-refractivity contribution in [1.82, 2.24) is 4.90 Å². The molecule has 2 aromatic rings. The van der Waals surface area contributed by atoms with Gasteiger partial charge >= 0.3 is 0 Å². The van der Waals surface area contributed by atoms with Gasteiger partial charge in [-0.3, -0.25) is 4.79 Å². The molecule has 0 bridgehead atoms. The number of hydrogen-bond acceptors (Lipinski definition) is 4. The molecule has 2 aromatic carbocycles. The van der Waals surface area contributed by atoms with Gasteiger partial charge in [-0.25, -0.2) is 8.42 Å². The summed E-state index contributed by atoms with van der Waals surface area (Å²) < 4.78 is 23.4. The molecule has 0 atom stereocenters. The van der Waals surface area contributed by atoms with Crippen LogP contribution in [-0.2, 0) is 16.4 Å². The van der Waals surface area contributed by atoms with Crippen molar-refractivity contribution in [2.45, 2.75) is 23.3 Å². The molecule has 0 aromatic heterocycles. The van der Waals surface area contributed by atoms with E-state index >= 15 is 0 Å². The van der Waals surface area contributed by atoms with E-state index in [0.29, 0.717) is 12.1 Å². The smallest absolute Gasteiger partial charge is 0.254 e. The van der Waals surface area contributed by atoms with Crippen LogP contribution in [0.15, 0.2) is 52.3 Å². The molecule has 128 valence electrons. The molecule has 0 fully saturated rings. The van der Waals surface area contributed by atoms with Gasteiger partial charge in [0.25, 0.3) is 5.91 Å². The lowest BCUT2D eigenvalue weighted by Crippen LogP contribution is -2.27. The van der Waals surface area contributed by atoms with Crippen LogP contribution in [0.4, 0.5) is 0 Å². The van der Waals surface area contributed by atoms with E-state index in [0.717, 1.165) is 17.4 Å². The quantitative estimate of drug-likeness (QED) is 0.764. The SMILES string of the molecule is CSc1ccc(CN(C)C(=O)c2cc(S(C)(=O)=O)ccc2C)cc1. The Morgan fingerprint density at radius 2 is 1.75 bits per heavy atom. The molecule has 2 rings (SSSR count). The lowest BCUT2D eigenvalue weighted by molar-refractivity contribution is 0.0784. The summed E-state index contributed by atoms with van der Waals surface area (Å²) in [7, 11) is -1.62. The second kappa shape index (κ2) is 7.40. The Balaban J connectivity index is 2.23. The van der Waals surface area contributed by atoms with Crippen molar-refractivity contribution >= 4 is 27.5 Å². The number of benzene rings is 2. The van der Waals surface area contributed by atoms with Crippen molar-refractivity contribution in [2.75, 3.05) is 19.6 Å². The first-order valence-electron chi connectivity index (χ1n) is 7.41. The molecule has 0 aliphatic rings. The molecule has 6 heteroatoms. The fourth-order valence-corrected chi connectivity index (χ4v) is 3.40. The molecule has 24 heavy (non-hydrogen) atoms. The van der Waals surface area contributed by atoms with E-state index in [1.165, 1.54) is 17.0 Å². The van der Waals surface area contributed by atoms with Crippen LogP contribution in [0.2, 0.25) is 0 Å². The third kappa shape index (κ3) is 4.39. The minimum atomic E-state index is -3.34. The molecule has 0 spiro atoms. The Kier molecular flexibility index (Phi) is 5.72. The van der Waals surface area contributed by atoms with Crippen molar-refractivity contribution < 1.29 is 13.2 Å². The Morgan fingerprint density at radius 1 is 1.12 bits per heavy atom. The first kappa shape index (κ1) is 18.5. The van der Waals surface area contributed by atoms with Gasteiger partial charge in [-0.05, 0) is 48.6 Å². The molecular formula is C18H21NO3S2. The molecular weight excluding hydrogens is 342 g/mol. The van der Waals surface area contributed by atoms with Gasteiger partial charge in [0.05, 0.1) is 4.90 Å². The Labute approximate surface area is 147 Å². The molecule has 1 amide bonds. The number of sulfone groups is 1. The fourth-order valence-electron chi connectivity index (χ4n) is 2.34. The average Bonchev–Trinajstić information content (AvgIpc) is 2.54. The number of thioether (sulfide) groups is 1. The predicted octanol–water partition coefficient (Wildman–Crippen LogP) is 3.39. The van der Waals surface area contributed by atoms with Gasteiger partial charge in [-0.15, -0.1) is 11.8 Å². The topological polar surface area (TPSA) is 54.5 Å². The third-order valence-corrected chi connectivity index (χ3v) is 5.65. The van der Waals surface area contributed by atoms with Crippen molar-refractivity contribution in [3.05, 3.63) is 59.2 Å². The van der Waals surface area contributed by atoms with Gasteiger partial charge in [0, 0.05) is 30.3 Å². The van der Waals surface area contributed by atoms with Gasteiger partial charge in [0.2, 0.25) is 0 Å². The predicted molar refractivity (Wildman–Crippen MR) is 98.3 cm³/mol. The summed E-state index contributed by atoms with van der Waals surface area (Å²) >= 11 is 1.67. The van der Waals surface area contributed by atoms with Crippen LogP contribution in [0.25, 0.3) is 0 Å². The van der Waals surface area contributed by atoms with Gasteiger partial charge < -0.3 is 4.90 Å². The van der Waals surface area contributed by atoms with Crippen LogP contribution in [0, 0.1) is 6.92 Å². The molecule has 0 N–H and O–H groups in total. The lowest BCUT2D eigenvalue weighted by Gasteiger charge is -2.19. The third-order valence-electron chi connectivity index (χ3n) is 3.79. The maximum Gasteiger partial charge on any atom is 0.254 e. The second-order valence-electron chi connectivity index (χ2n) is 5.76. The number of nitrogens with zero attached hydrogens (tertiary/aromatic N) is 1. The molecule has 0 heterocycles. The highest BCUT2D eigenvalue weighted by molar-refractivity contribution is 7.98. The first-order chi connectivity index (χ1) is 11.2. The van der Waals surface area contributed by atoms with Crippen LogP contribution in [0.3, 0.4) is 0 Å².